The largest absolute Gasteiger partial charge is 0.508 e. The zero-order valence-corrected chi connectivity index (χ0v) is 13.9. The lowest BCUT2D eigenvalue weighted by Crippen LogP contribution is -2.39. The third-order valence-corrected chi connectivity index (χ3v) is 4.59. The summed E-state index contributed by atoms with van der Waals surface area (Å²) < 4.78 is 1.15. The molecule has 1 aliphatic heterocycles. The minimum absolute atomic E-state index is 0.0712. The second kappa shape index (κ2) is 6.30. The molecule has 0 spiro atoms. The lowest BCUT2D eigenvalue weighted by Gasteiger charge is -2.29. The fourth-order valence-electron chi connectivity index (χ4n) is 3.37. The number of aliphatic hydroxyl groups is 1. The zero-order chi connectivity index (χ0) is 18.3. The van der Waals surface area contributed by atoms with Gasteiger partial charge in [0.2, 0.25) is 5.95 Å². The quantitative estimate of drug-likeness (QED) is 0.647. The Kier molecular flexibility index (Phi) is 3.96. The van der Waals surface area contributed by atoms with E-state index in [0.717, 1.165) is 24.0 Å². The highest BCUT2D eigenvalue weighted by molar-refractivity contribution is 5.96. The second-order valence-corrected chi connectivity index (χ2v) is 6.40. The van der Waals surface area contributed by atoms with Crippen molar-refractivity contribution in [1.29, 1.82) is 0 Å². The van der Waals surface area contributed by atoms with E-state index in [2.05, 4.69) is 9.97 Å². The summed E-state index contributed by atoms with van der Waals surface area (Å²) in [6.07, 6.45) is 3.31. The van der Waals surface area contributed by atoms with E-state index in [1.165, 1.54) is 12.1 Å². The molecule has 8 heteroatoms. The van der Waals surface area contributed by atoms with E-state index in [1.54, 1.807) is 24.5 Å². The number of carbonyl (C=O) groups is 1. The molecule has 0 radical (unpaired) electrons. The summed E-state index contributed by atoms with van der Waals surface area (Å²) in [7, 11) is 0. The molecular weight excluding hydrogens is 336 g/mol. The van der Waals surface area contributed by atoms with Gasteiger partial charge in [-0.3, -0.25) is 0 Å². The number of hydrogen-bond donors (Lipinski definition) is 3. The molecule has 26 heavy (non-hydrogen) atoms. The van der Waals surface area contributed by atoms with E-state index in [0.29, 0.717) is 34.7 Å². The summed E-state index contributed by atoms with van der Waals surface area (Å²) in [5, 5.41) is 29.6. The van der Waals surface area contributed by atoms with Gasteiger partial charge >= 0.3 is 6.09 Å². The van der Waals surface area contributed by atoms with Gasteiger partial charge in [0.1, 0.15) is 5.75 Å². The smallest absolute Gasteiger partial charge is 0.416 e. The van der Waals surface area contributed by atoms with Crippen molar-refractivity contribution in [1.82, 2.24) is 14.5 Å². The molecule has 3 N–H and O–H groups in total. The topological polar surface area (TPSA) is 112 Å². The van der Waals surface area contributed by atoms with Crippen LogP contribution < -0.4 is 4.90 Å². The highest BCUT2D eigenvalue weighted by Crippen LogP contribution is 2.30. The van der Waals surface area contributed by atoms with E-state index in [-0.39, 0.29) is 11.9 Å². The molecule has 1 atom stereocenters. The maximum Gasteiger partial charge on any atom is 0.416 e. The molecule has 1 aromatic carbocycles. The van der Waals surface area contributed by atoms with Crippen molar-refractivity contribution in [2.24, 2.45) is 0 Å². The van der Waals surface area contributed by atoms with E-state index in [9.17, 15) is 20.1 Å². The maximum absolute atomic E-state index is 11.7. The van der Waals surface area contributed by atoms with E-state index in [4.69, 9.17) is 0 Å². The van der Waals surface area contributed by atoms with Crippen LogP contribution in [-0.2, 0) is 0 Å². The molecule has 0 aliphatic carbocycles. The monoisotopic (exact) mass is 354 g/mol. The minimum atomic E-state index is -1.12. The van der Waals surface area contributed by atoms with Gasteiger partial charge in [-0.05, 0) is 37.1 Å². The van der Waals surface area contributed by atoms with Crippen LogP contribution in [0.1, 0.15) is 12.8 Å². The Hall–Kier alpha value is -3.13. The van der Waals surface area contributed by atoms with Crippen LogP contribution in [0.4, 0.5) is 10.7 Å². The van der Waals surface area contributed by atoms with Crippen LogP contribution in [0.15, 0.2) is 36.7 Å². The van der Waals surface area contributed by atoms with Crippen LogP contribution in [0.25, 0.3) is 22.2 Å². The Morgan fingerprint density at radius 2 is 1.96 bits per heavy atom. The standard InChI is InChI=1S/C18H18N4O4/c23-13-3-4-15-11(6-13)7-16(22(15)18(25)26)12-8-19-17(20-9-12)21-5-1-2-14(24)10-21/h3-4,6-9,14,23-24H,1-2,5,10H2,(H,25,26)/t14-/m1/s1. The van der Waals surface area contributed by atoms with Gasteiger partial charge in [-0.2, -0.15) is 0 Å². The van der Waals surface area contributed by atoms with Gasteiger partial charge in [0, 0.05) is 36.4 Å². The second-order valence-electron chi connectivity index (χ2n) is 6.40. The van der Waals surface area contributed by atoms with Crippen LogP contribution >= 0.6 is 0 Å². The summed E-state index contributed by atoms with van der Waals surface area (Å²) in [6, 6.07) is 6.22. The number of anilines is 1. The average Bonchev–Trinajstić information content (AvgIpc) is 3.00. The molecule has 1 saturated heterocycles. The third kappa shape index (κ3) is 2.84. The van der Waals surface area contributed by atoms with Gasteiger partial charge < -0.3 is 20.2 Å². The Bertz CT molecular complexity index is 967. The number of rotatable bonds is 2. The lowest BCUT2D eigenvalue weighted by atomic mass is 10.1. The SMILES string of the molecule is O=C(O)n1c(-c2cnc(N3CCC[C@@H](O)C3)nc2)cc2cc(O)ccc21. The van der Waals surface area contributed by atoms with E-state index < -0.39 is 6.09 Å². The van der Waals surface area contributed by atoms with E-state index >= 15 is 0 Å². The van der Waals surface area contributed by atoms with E-state index in [1.807, 2.05) is 4.90 Å². The number of fused-ring (bicyclic) bond motifs is 1. The van der Waals surface area contributed by atoms with Crippen molar-refractivity contribution in [3.8, 4) is 17.0 Å². The van der Waals surface area contributed by atoms with Crippen LogP contribution in [0.3, 0.4) is 0 Å². The Balaban J connectivity index is 1.73. The first-order chi connectivity index (χ1) is 12.5. The molecule has 0 amide bonds. The third-order valence-electron chi connectivity index (χ3n) is 4.59. The summed E-state index contributed by atoms with van der Waals surface area (Å²) in [5.41, 5.74) is 1.47. The molecule has 1 fully saturated rings. The molecule has 4 rings (SSSR count). The van der Waals surface area contributed by atoms with Crippen molar-refractivity contribution in [3.63, 3.8) is 0 Å². The number of phenolic OH excluding ortho intramolecular Hbond substituents is 1. The minimum Gasteiger partial charge on any atom is -0.508 e. The van der Waals surface area contributed by atoms with Gasteiger partial charge in [-0.1, -0.05) is 0 Å². The van der Waals surface area contributed by atoms with Gasteiger partial charge in [-0.15, -0.1) is 0 Å². The van der Waals surface area contributed by atoms with Gasteiger partial charge in [-0.25, -0.2) is 19.3 Å². The molecule has 0 unspecified atom stereocenters. The Morgan fingerprint density at radius 1 is 1.19 bits per heavy atom. The normalized spacial score (nSPS) is 17.6. The number of aromatic nitrogens is 3. The van der Waals surface area contributed by atoms with Crippen LogP contribution in [0.5, 0.6) is 5.75 Å². The number of aromatic hydroxyl groups is 1. The molecule has 3 heterocycles. The number of carboxylic acid groups (broad SMARTS) is 1. The summed E-state index contributed by atoms with van der Waals surface area (Å²) in [4.78, 5) is 22.3. The number of hydrogen-bond acceptors (Lipinski definition) is 6. The van der Waals surface area contributed by atoms with Crippen molar-refractivity contribution in [2.45, 2.75) is 18.9 Å². The van der Waals surface area contributed by atoms with Crippen molar-refractivity contribution < 1.29 is 20.1 Å². The predicted octanol–water partition coefficient (Wildman–Crippen LogP) is 2.29. The number of piperidine rings is 1. The summed E-state index contributed by atoms with van der Waals surface area (Å²) in [6.45, 7) is 1.28. The molecule has 0 saturated carbocycles. The molecular formula is C18H18N4O4. The van der Waals surface area contributed by atoms with Crippen LogP contribution in [-0.4, -0.2) is 55.1 Å². The molecule has 2 aromatic heterocycles. The van der Waals surface area contributed by atoms with Crippen molar-refractivity contribution >= 4 is 22.9 Å². The van der Waals surface area contributed by atoms with Crippen molar-refractivity contribution in [2.75, 3.05) is 18.0 Å². The fraction of sp³-hybridized carbons (Fsp3) is 0.278. The summed E-state index contributed by atoms with van der Waals surface area (Å²) >= 11 is 0. The van der Waals surface area contributed by atoms with Gasteiger partial charge in [0.15, 0.2) is 0 Å². The first-order valence-electron chi connectivity index (χ1n) is 8.36. The van der Waals surface area contributed by atoms with Crippen molar-refractivity contribution in [3.05, 3.63) is 36.7 Å². The molecule has 1 aliphatic rings. The van der Waals surface area contributed by atoms with Crippen LogP contribution in [0.2, 0.25) is 0 Å². The predicted molar refractivity (Wildman–Crippen MR) is 95.5 cm³/mol. The highest BCUT2D eigenvalue weighted by atomic mass is 16.4. The molecule has 3 aromatic rings. The molecule has 134 valence electrons. The highest BCUT2D eigenvalue weighted by Gasteiger charge is 2.21. The molecule has 8 nitrogen and oxygen atoms in total. The zero-order valence-electron chi connectivity index (χ0n) is 13.9. The first kappa shape index (κ1) is 16.3. The number of benzene rings is 1. The lowest BCUT2D eigenvalue weighted by molar-refractivity contribution is 0.153. The molecule has 0 bridgehead atoms. The number of β-amino-alcohol motifs (C(OH)–C–C–N with tert-alkyl or cyclic N) is 1. The first-order valence-corrected chi connectivity index (χ1v) is 8.36. The Morgan fingerprint density at radius 3 is 2.65 bits per heavy atom. The number of nitrogens with zero attached hydrogens (tertiary/aromatic N) is 4. The number of phenols is 1. The average molecular weight is 354 g/mol. The van der Waals surface area contributed by atoms with Crippen LogP contribution in [0, 0.1) is 0 Å². The van der Waals surface area contributed by atoms with Gasteiger partial charge in [0.05, 0.1) is 17.3 Å². The maximum atomic E-state index is 11.7. The van der Waals surface area contributed by atoms with Gasteiger partial charge in [0.25, 0.3) is 0 Å². The fourth-order valence-corrected chi connectivity index (χ4v) is 3.37. The Labute approximate surface area is 149 Å². The number of aliphatic hydroxyl groups excluding tert-OH is 1. The summed E-state index contributed by atoms with van der Waals surface area (Å²) in [5.74, 6) is 0.588.